The first-order valence-electron chi connectivity index (χ1n) is 6.14. The lowest BCUT2D eigenvalue weighted by Gasteiger charge is -2.18. The van der Waals surface area contributed by atoms with Crippen LogP contribution in [0.1, 0.15) is 15.9 Å². The number of carbonyl (C=O) groups is 1. The molecule has 0 fully saturated rings. The zero-order chi connectivity index (χ0) is 14.1. The number of ketones is 1. The fraction of sp³-hybridized carbons (Fsp3) is 0.133. The SMILES string of the molecule is Nc1cc(Cl)cc(C(=O)c2ccc3c(c2)OCCO3)c1. The highest BCUT2D eigenvalue weighted by Gasteiger charge is 2.16. The van der Waals surface area contributed by atoms with Gasteiger partial charge in [-0.05, 0) is 36.4 Å². The number of nitrogen functional groups attached to an aromatic ring is 1. The first-order chi connectivity index (χ1) is 9.63. The molecule has 1 aliphatic rings. The van der Waals surface area contributed by atoms with Gasteiger partial charge in [0.15, 0.2) is 17.3 Å². The van der Waals surface area contributed by atoms with E-state index in [1.54, 1.807) is 36.4 Å². The number of halogens is 1. The van der Waals surface area contributed by atoms with Gasteiger partial charge < -0.3 is 15.2 Å². The van der Waals surface area contributed by atoms with Crippen LogP contribution in [-0.2, 0) is 0 Å². The highest BCUT2D eigenvalue weighted by Crippen LogP contribution is 2.31. The van der Waals surface area contributed by atoms with Gasteiger partial charge in [0.05, 0.1) is 0 Å². The van der Waals surface area contributed by atoms with Gasteiger partial charge in [0.2, 0.25) is 0 Å². The summed E-state index contributed by atoms with van der Waals surface area (Å²) in [6.07, 6.45) is 0. The Balaban J connectivity index is 1.97. The molecule has 5 heteroatoms. The molecule has 102 valence electrons. The number of benzene rings is 2. The number of hydrogen-bond donors (Lipinski definition) is 1. The Labute approximate surface area is 121 Å². The average Bonchev–Trinajstić information content (AvgIpc) is 2.45. The van der Waals surface area contributed by atoms with Crippen molar-refractivity contribution in [2.75, 3.05) is 18.9 Å². The minimum Gasteiger partial charge on any atom is -0.486 e. The molecule has 2 aromatic rings. The van der Waals surface area contributed by atoms with E-state index >= 15 is 0 Å². The largest absolute Gasteiger partial charge is 0.486 e. The topological polar surface area (TPSA) is 61.6 Å². The fourth-order valence-electron chi connectivity index (χ4n) is 2.09. The molecule has 0 unspecified atom stereocenters. The van der Waals surface area contributed by atoms with Gasteiger partial charge in [-0.25, -0.2) is 0 Å². The molecular formula is C15H12ClNO3. The predicted molar refractivity (Wildman–Crippen MR) is 76.7 cm³/mol. The van der Waals surface area contributed by atoms with E-state index in [4.69, 9.17) is 26.8 Å². The summed E-state index contributed by atoms with van der Waals surface area (Å²) < 4.78 is 10.9. The first kappa shape index (κ1) is 12.8. The summed E-state index contributed by atoms with van der Waals surface area (Å²) in [7, 11) is 0. The predicted octanol–water partition coefficient (Wildman–Crippen LogP) is 2.92. The van der Waals surface area contributed by atoms with E-state index in [0.29, 0.717) is 46.5 Å². The van der Waals surface area contributed by atoms with E-state index in [1.165, 1.54) is 0 Å². The van der Waals surface area contributed by atoms with Gasteiger partial charge in [0.1, 0.15) is 13.2 Å². The number of ether oxygens (including phenoxy) is 2. The molecule has 2 N–H and O–H groups in total. The number of nitrogens with two attached hydrogens (primary N) is 1. The third kappa shape index (κ3) is 2.42. The Morgan fingerprint density at radius 1 is 1.00 bits per heavy atom. The molecular weight excluding hydrogens is 278 g/mol. The summed E-state index contributed by atoms with van der Waals surface area (Å²) in [6.45, 7) is 1.000. The van der Waals surface area contributed by atoms with Crippen LogP contribution in [0.2, 0.25) is 5.02 Å². The van der Waals surface area contributed by atoms with Crippen molar-refractivity contribution in [1.29, 1.82) is 0 Å². The molecule has 2 aromatic carbocycles. The van der Waals surface area contributed by atoms with Crippen molar-refractivity contribution in [3.63, 3.8) is 0 Å². The zero-order valence-electron chi connectivity index (χ0n) is 10.6. The molecule has 0 radical (unpaired) electrons. The Kier molecular flexibility index (Phi) is 3.24. The van der Waals surface area contributed by atoms with Gasteiger partial charge in [0, 0.05) is 21.8 Å². The van der Waals surface area contributed by atoms with E-state index in [2.05, 4.69) is 0 Å². The highest BCUT2D eigenvalue weighted by atomic mass is 35.5. The summed E-state index contributed by atoms with van der Waals surface area (Å²) in [4.78, 5) is 12.4. The average molecular weight is 290 g/mol. The van der Waals surface area contributed by atoms with Crippen LogP contribution in [-0.4, -0.2) is 19.0 Å². The Morgan fingerprint density at radius 2 is 1.75 bits per heavy atom. The van der Waals surface area contributed by atoms with Crippen molar-refractivity contribution in [3.05, 3.63) is 52.5 Å². The van der Waals surface area contributed by atoms with Crippen LogP contribution in [0.3, 0.4) is 0 Å². The molecule has 0 saturated heterocycles. The summed E-state index contributed by atoms with van der Waals surface area (Å²) in [5.74, 6) is 1.08. The number of hydrogen-bond acceptors (Lipinski definition) is 4. The molecule has 0 atom stereocenters. The van der Waals surface area contributed by atoms with Gasteiger partial charge >= 0.3 is 0 Å². The molecule has 0 spiro atoms. The molecule has 4 nitrogen and oxygen atoms in total. The maximum atomic E-state index is 12.4. The minimum absolute atomic E-state index is 0.156. The summed E-state index contributed by atoms with van der Waals surface area (Å²) >= 11 is 5.92. The van der Waals surface area contributed by atoms with Crippen molar-refractivity contribution in [1.82, 2.24) is 0 Å². The Hall–Kier alpha value is -2.20. The number of rotatable bonds is 2. The first-order valence-corrected chi connectivity index (χ1v) is 6.52. The fourth-order valence-corrected chi connectivity index (χ4v) is 2.34. The van der Waals surface area contributed by atoms with E-state index < -0.39 is 0 Å². The Bertz CT molecular complexity index is 665. The van der Waals surface area contributed by atoms with Crippen molar-refractivity contribution in [3.8, 4) is 11.5 Å². The maximum Gasteiger partial charge on any atom is 0.193 e. The molecule has 0 bridgehead atoms. The quantitative estimate of drug-likeness (QED) is 0.682. The van der Waals surface area contributed by atoms with Gasteiger partial charge in [0.25, 0.3) is 0 Å². The van der Waals surface area contributed by atoms with Crippen LogP contribution in [0.25, 0.3) is 0 Å². The van der Waals surface area contributed by atoms with Gasteiger partial charge in [-0.2, -0.15) is 0 Å². The molecule has 0 saturated carbocycles. The molecule has 1 heterocycles. The summed E-state index contributed by atoms with van der Waals surface area (Å²) in [6, 6.07) is 9.90. The summed E-state index contributed by atoms with van der Waals surface area (Å²) in [5, 5.41) is 0.436. The number of fused-ring (bicyclic) bond motifs is 1. The minimum atomic E-state index is -0.156. The number of carbonyl (C=O) groups excluding carboxylic acids is 1. The number of anilines is 1. The lowest BCUT2D eigenvalue weighted by Crippen LogP contribution is -2.16. The van der Waals surface area contributed by atoms with Gasteiger partial charge in [-0.3, -0.25) is 4.79 Å². The van der Waals surface area contributed by atoms with Crippen molar-refractivity contribution < 1.29 is 14.3 Å². The maximum absolute atomic E-state index is 12.4. The third-order valence-corrected chi connectivity index (χ3v) is 3.20. The molecule has 20 heavy (non-hydrogen) atoms. The standard InChI is InChI=1S/C15H12ClNO3/c16-11-5-10(6-12(17)8-11)15(18)9-1-2-13-14(7-9)20-4-3-19-13/h1-2,5-8H,3-4,17H2. The van der Waals surface area contributed by atoms with Crippen LogP contribution in [0.4, 0.5) is 5.69 Å². The van der Waals surface area contributed by atoms with E-state index in [0.717, 1.165) is 0 Å². The molecule has 0 aromatic heterocycles. The van der Waals surface area contributed by atoms with Crippen LogP contribution in [0.15, 0.2) is 36.4 Å². The molecule has 3 rings (SSSR count). The van der Waals surface area contributed by atoms with Crippen LogP contribution >= 0.6 is 11.6 Å². The smallest absolute Gasteiger partial charge is 0.193 e. The van der Waals surface area contributed by atoms with E-state index in [-0.39, 0.29) is 5.78 Å². The van der Waals surface area contributed by atoms with Gasteiger partial charge in [-0.1, -0.05) is 11.6 Å². The second-order valence-corrected chi connectivity index (χ2v) is 4.90. The zero-order valence-corrected chi connectivity index (χ0v) is 11.3. The second kappa shape index (κ2) is 5.06. The second-order valence-electron chi connectivity index (χ2n) is 4.46. The van der Waals surface area contributed by atoms with Gasteiger partial charge in [-0.15, -0.1) is 0 Å². The van der Waals surface area contributed by atoms with E-state index in [9.17, 15) is 4.79 Å². The van der Waals surface area contributed by atoms with Crippen molar-refractivity contribution in [2.24, 2.45) is 0 Å². The van der Waals surface area contributed by atoms with Crippen LogP contribution < -0.4 is 15.2 Å². The van der Waals surface area contributed by atoms with Crippen LogP contribution in [0, 0.1) is 0 Å². The highest BCUT2D eigenvalue weighted by molar-refractivity contribution is 6.31. The van der Waals surface area contributed by atoms with Crippen LogP contribution in [0.5, 0.6) is 11.5 Å². The lowest BCUT2D eigenvalue weighted by atomic mass is 10.0. The molecule has 0 aliphatic carbocycles. The lowest BCUT2D eigenvalue weighted by molar-refractivity contribution is 0.103. The summed E-state index contributed by atoms with van der Waals surface area (Å²) in [5.41, 5.74) is 7.12. The van der Waals surface area contributed by atoms with E-state index in [1.807, 2.05) is 0 Å². The monoisotopic (exact) mass is 289 g/mol. The third-order valence-electron chi connectivity index (χ3n) is 2.99. The molecule has 0 amide bonds. The van der Waals surface area contributed by atoms with Crippen molar-refractivity contribution in [2.45, 2.75) is 0 Å². The molecule has 1 aliphatic heterocycles. The Morgan fingerprint density at radius 3 is 2.50 bits per heavy atom. The normalized spacial score (nSPS) is 13.1. The van der Waals surface area contributed by atoms with Crippen molar-refractivity contribution >= 4 is 23.1 Å².